The fraction of sp³-hybridized carbons (Fsp3) is 0.167. The summed E-state index contributed by atoms with van der Waals surface area (Å²) in [4.78, 5) is 27.3. The molecule has 1 aromatic carbocycles. The van der Waals surface area contributed by atoms with Gasteiger partial charge in [0.1, 0.15) is 4.32 Å². The molecule has 3 rings (SSSR count). The Morgan fingerprint density at radius 3 is 2.71 bits per heavy atom. The van der Waals surface area contributed by atoms with Crippen molar-refractivity contribution in [3.63, 3.8) is 0 Å². The highest BCUT2D eigenvalue weighted by molar-refractivity contribution is 8.26. The molecule has 4 nitrogen and oxygen atoms in total. The summed E-state index contributed by atoms with van der Waals surface area (Å²) in [5.41, 5.74) is -0.802. The molecule has 1 fully saturated rings. The van der Waals surface area contributed by atoms with Gasteiger partial charge in [0.15, 0.2) is 0 Å². The highest BCUT2D eigenvalue weighted by Crippen LogP contribution is 2.33. The van der Waals surface area contributed by atoms with Crippen LogP contribution in [0.2, 0.25) is 0 Å². The molecule has 1 aromatic heterocycles. The zero-order valence-electron chi connectivity index (χ0n) is 14.2. The van der Waals surface area contributed by atoms with Crippen LogP contribution in [-0.2, 0) is 15.8 Å². The number of amides is 2. The Labute approximate surface area is 172 Å². The van der Waals surface area contributed by atoms with Crippen molar-refractivity contribution in [2.45, 2.75) is 12.6 Å². The zero-order chi connectivity index (χ0) is 20.3. The van der Waals surface area contributed by atoms with E-state index >= 15 is 0 Å². The van der Waals surface area contributed by atoms with Crippen LogP contribution in [0.1, 0.15) is 16.9 Å². The fourth-order valence-electron chi connectivity index (χ4n) is 2.41. The molecular formula is C18H13F3N2O2S3. The number of hydrogen-bond acceptors (Lipinski definition) is 5. The van der Waals surface area contributed by atoms with Gasteiger partial charge in [0.25, 0.3) is 5.91 Å². The van der Waals surface area contributed by atoms with Crippen LogP contribution in [0.4, 0.5) is 18.9 Å². The molecule has 2 aromatic rings. The van der Waals surface area contributed by atoms with Crippen molar-refractivity contribution in [2.24, 2.45) is 0 Å². The molecular weight excluding hydrogens is 429 g/mol. The molecule has 0 aliphatic carbocycles. The largest absolute Gasteiger partial charge is 0.416 e. The Kier molecular flexibility index (Phi) is 6.21. The van der Waals surface area contributed by atoms with Crippen molar-refractivity contribution in [1.82, 2.24) is 4.90 Å². The van der Waals surface area contributed by atoms with Crippen LogP contribution in [0.3, 0.4) is 0 Å². The molecule has 1 saturated heterocycles. The molecule has 0 bridgehead atoms. The maximum absolute atomic E-state index is 12.7. The summed E-state index contributed by atoms with van der Waals surface area (Å²) < 4.78 is 38.6. The Morgan fingerprint density at radius 1 is 1.25 bits per heavy atom. The lowest BCUT2D eigenvalue weighted by Gasteiger charge is -2.14. The number of nitrogens with zero attached hydrogens (tertiary/aromatic N) is 1. The molecule has 0 atom stereocenters. The van der Waals surface area contributed by atoms with Gasteiger partial charge in [-0.15, -0.1) is 11.3 Å². The van der Waals surface area contributed by atoms with Gasteiger partial charge >= 0.3 is 6.18 Å². The van der Waals surface area contributed by atoms with E-state index in [9.17, 15) is 22.8 Å². The molecule has 0 radical (unpaired) electrons. The Bertz CT molecular complexity index is 940. The van der Waals surface area contributed by atoms with Crippen molar-refractivity contribution < 1.29 is 22.8 Å². The van der Waals surface area contributed by atoms with E-state index in [1.807, 2.05) is 17.5 Å². The molecule has 0 unspecified atom stereocenters. The number of nitrogens with one attached hydrogen (secondary N) is 1. The first-order valence-corrected chi connectivity index (χ1v) is 10.1. The topological polar surface area (TPSA) is 49.4 Å². The van der Waals surface area contributed by atoms with Gasteiger partial charge in [0, 0.05) is 23.5 Å². The van der Waals surface area contributed by atoms with Crippen molar-refractivity contribution in [3.8, 4) is 0 Å². The number of thiocarbonyl (C=S) groups is 1. The SMILES string of the molecule is O=C(CCN1C(=O)/C(=C\c2cccs2)SC1=S)Nc1cccc(C(F)(F)F)c1. The number of alkyl halides is 3. The average molecular weight is 443 g/mol. The molecule has 28 heavy (non-hydrogen) atoms. The highest BCUT2D eigenvalue weighted by Gasteiger charge is 2.32. The molecule has 1 aliphatic rings. The van der Waals surface area contributed by atoms with Gasteiger partial charge in [-0.3, -0.25) is 14.5 Å². The van der Waals surface area contributed by atoms with Gasteiger partial charge < -0.3 is 5.32 Å². The number of carbonyl (C=O) groups excluding carboxylic acids is 2. The van der Waals surface area contributed by atoms with E-state index < -0.39 is 17.6 Å². The number of thioether (sulfide) groups is 1. The summed E-state index contributed by atoms with van der Waals surface area (Å²) in [7, 11) is 0. The quantitative estimate of drug-likeness (QED) is 0.523. The van der Waals surface area contributed by atoms with E-state index in [4.69, 9.17) is 12.2 Å². The molecule has 10 heteroatoms. The van der Waals surface area contributed by atoms with Crippen molar-refractivity contribution in [1.29, 1.82) is 0 Å². The van der Waals surface area contributed by atoms with Crippen LogP contribution >= 0.6 is 35.3 Å². The predicted molar refractivity (Wildman–Crippen MR) is 109 cm³/mol. The minimum Gasteiger partial charge on any atom is -0.326 e. The van der Waals surface area contributed by atoms with Crippen LogP contribution in [0.25, 0.3) is 6.08 Å². The van der Waals surface area contributed by atoms with E-state index in [1.54, 1.807) is 6.08 Å². The van der Waals surface area contributed by atoms with Crippen LogP contribution < -0.4 is 5.32 Å². The van der Waals surface area contributed by atoms with Gasteiger partial charge in [0.2, 0.25) is 5.91 Å². The molecule has 0 spiro atoms. The molecule has 1 aliphatic heterocycles. The fourth-order valence-corrected chi connectivity index (χ4v) is 4.44. The number of halogens is 3. The summed E-state index contributed by atoms with van der Waals surface area (Å²) in [5, 5.41) is 4.31. The van der Waals surface area contributed by atoms with Crippen LogP contribution in [0.15, 0.2) is 46.7 Å². The molecule has 1 N–H and O–H groups in total. The third kappa shape index (κ3) is 5.00. The Morgan fingerprint density at radius 2 is 2.04 bits per heavy atom. The number of benzene rings is 1. The Balaban J connectivity index is 1.59. The summed E-state index contributed by atoms with van der Waals surface area (Å²) in [5.74, 6) is -0.786. The summed E-state index contributed by atoms with van der Waals surface area (Å²) in [6, 6.07) is 8.12. The van der Waals surface area contributed by atoms with Crippen molar-refractivity contribution in [3.05, 3.63) is 57.1 Å². The van der Waals surface area contributed by atoms with Crippen LogP contribution in [0.5, 0.6) is 0 Å². The lowest BCUT2D eigenvalue weighted by molar-refractivity contribution is -0.137. The van der Waals surface area contributed by atoms with Crippen LogP contribution in [0, 0.1) is 0 Å². The third-order valence-corrected chi connectivity index (χ3v) is 5.92. The van der Waals surface area contributed by atoms with Crippen molar-refractivity contribution in [2.75, 3.05) is 11.9 Å². The summed E-state index contributed by atoms with van der Waals surface area (Å²) >= 11 is 7.85. The summed E-state index contributed by atoms with van der Waals surface area (Å²) in [6.07, 6.45) is -2.83. The number of carbonyl (C=O) groups is 2. The van der Waals surface area contributed by atoms with Gasteiger partial charge in [-0.1, -0.05) is 36.1 Å². The van der Waals surface area contributed by atoms with Crippen LogP contribution in [-0.4, -0.2) is 27.6 Å². The third-order valence-electron chi connectivity index (χ3n) is 3.73. The molecule has 2 heterocycles. The lowest BCUT2D eigenvalue weighted by atomic mass is 10.2. The standard InChI is InChI=1S/C18H13F3N2O2S3/c19-18(20,21)11-3-1-4-12(9-11)22-15(24)6-7-23-16(25)14(28-17(23)26)10-13-5-2-8-27-13/h1-5,8-10H,6-7H2,(H,22,24)/b14-10+. The average Bonchev–Trinajstić information content (AvgIpc) is 3.22. The normalized spacial score (nSPS) is 16.1. The first-order valence-electron chi connectivity index (χ1n) is 8.00. The maximum atomic E-state index is 12.7. The van der Waals surface area contributed by atoms with Gasteiger partial charge in [-0.2, -0.15) is 13.2 Å². The highest BCUT2D eigenvalue weighted by atomic mass is 32.2. The maximum Gasteiger partial charge on any atom is 0.416 e. The van der Waals surface area contributed by atoms with E-state index in [-0.39, 0.29) is 24.6 Å². The first kappa shape index (κ1) is 20.6. The van der Waals surface area contributed by atoms with E-state index in [2.05, 4.69) is 5.32 Å². The monoisotopic (exact) mass is 442 g/mol. The molecule has 146 valence electrons. The second-order valence-electron chi connectivity index (χ2n) is 5.73. The number of rotatable bonds is 5. The summed E-state index contributed by atoms with van der Waals surface area (Å²) in [6.45, 7) is 0.0528. The van der Waals surface area contributed by atoms with Crippen molar-refractivity contribution >= 4 is 63.2 Å². The lowest BCUT2D eigenvalue weighted by Crippen LogP contribution is -2.31. The predicted octanol–water partition coefficient (Wildman–Crippen LogP) is 5.00. The molecule has 2 amide bonds. The molecule has 0 saturated carbocycles. The minimum atomic E-state index is -4.49. The van der Waals surface area contributed by atoms with Gasteiger partial charge in [-0.25, -0.2) is 0 Å². The first-order chi connectivity index (χ1) is 13.2. The van der Waals surface area contributed by atoms with E-state index in [0.717, 1.165) is 28.8 Å². The Hall–Kier alpha value is -2.17. The van der Waals surface area contributed by atoms with E-state index in [1.165, 1.54) is 28.4 Å². The van der Waals surface area contributed by atoms with Gasteiger partial charge in [-0.05, 0) is 35.7 Å². The second kappa shape index (κ2) is 8.46. The van der Waals surface area contributed by atoms with Gasteiger partial charge in [0.05, 0.1) is 10.5 Å². The van der Waals surface area contributed by atoms with E-state index in [0.29, 0.717) is 9.23 Å². The minimum absolute atomic E-state index is 0.0443. The zero-order valence-corrected chi connectivity index (χ0v) is 16.6. The second-order valence-corrected chi connectivity index (χ2v) is 8.38. The number of anilines is 1. The smallest absolute Gasteiger partial charge is 0.326 e. The number of thiophene rings is 1. The number of hydrogen-bond donors (Lipinski definition) is 1.